The second-order valence-corrected chi connectivity index (χ2v) is 4.98. The summed E-state index contributed by atoms with van der Waals surface area (Å²) in [6, 6.07) is 7.66. The molecule has 0 spiro atoms. The number of hydrogen-bond acceptors (Lipinski definition) is 4. The molecule has 4 nitrogen and oxygen atoms in total. The first-order valence-corrected chi connectivity index (χ1v) is 6.82. The van der Waals surface area contributed by atoms with Gasteiger partial charge in [0.05, 0.1) is 5.52 Å². The van der Waals surface area contributed by atoms with Gasteiger partial charge >= 0.3 is 0 Å². The Morgan fingerprint density at radius 2 is 2.05 bits per heavy atom. The predicted molar refractivity (Wildman–Crippen MR) is 77.3 cm³/mol. The van der Waals surface area contributed by atoms with Crippen LogP contribution in [0.5, 0.6) is 5.75 Å². The minimum atomic E-state index is 0.726. The summed E-state index contributed by atoms with van der Waals surface area (Å²) in [5.41, 5.74) is 7.39. The Morgan fingerprint density at radius 1 is 1.21 bits per heavy atom. The number of nitrogens with two attached hydrogens (primary N) is 1. The molecule has 1 aromatic heterocycles. The first-order chi connectivity index (χ1) is 9.33. The van der Waals surface area contributed by atoms with Gasteiger partial charge < -0.3 is 10.5 Å². The maximum absolute atomic E-state index is 5.90. The highest BCUT2D eigenvalue weighted by Crippen LogP contribution is 2.25. The Labute approximate surface area is 113 Å². The second-order valence-electron chi connectivity index (χ2n) is 4.98. The van der Waals surface area contributed by atoms with E-state index >= 15 is 0 Å². The molecule has 2 aromatic rings. The molecule has 0 aliphatic carbocycles. The summed E-state index contributed by atoms with van der Waals surface area (Å²) in [5, 5.41) is 1.03. The standard InChI is InChI=1S/C15H19N3O/c16-12-3-4-13-14(11-12)17-6-5-15(13)19-10-9-18-7-1-2-8-18/h3-6,11H,1-2,7-10,16H2. The zero-order valence-corrected chi connectivity index (χ0v) is 11.0. The molecule has 1 aliphatic heterocycles. The summed E-state index contributed by atoms with van der Waals surface area (Å²) in [6.45, 7) is 4.14. The molecule has 0 atom stereocenters. The van der Waals surface area contributed by atoms with Gasteiger partial charge in [-0.2, -0.15) is 0 Å². The van der Waals surface area contributed by atoms with Gasteiger partial charge in [0, 0.05) is 23.8 Å². The van der Waals surface area contributed by atoms with Crippen LogP contribution < -0.4 is 10.5 Å². The fraction of sp³-hybridized carbons (Fsp3) is 0.400. The van der Waals surface area contributed by atoms with Crippen LogP contribution in [0.3, 0.4) is 0 Å². The van der Waals surface area contributed by atoms with Crippen molar-refractivity contribution in [1.29, 1.82) is 0 Å². The van der Waals surface area contributed by atoms with Crippen molar-refractivity contribution >= 4 is 16.6 Å². The number of benzene rings is 1. The summed E-state index contributed by atoms with van der Waals surface area (Å²) in [4.78, 5) is 6.76. The molecule has 0 bridgehead atoms. The predicted octanol–water partition coefficient (Wildman–Crippen LogP) is 2.29. The molecule has 0 amide bonds. The van der Waals surface area contributed by atoms with E-state index in [2.05, 4.69) is 9.88 Å². The third-order valence-electron chi connectivity index (χ3n) is 3.59. The van der Waals surface area contributed by atoms with E-state index in [4.69, 9.17) is 10.5 Å². The van der Waals surface area contributed by atoms with E-state index in [0.717, 1.165) is 35.5 Å². The van der Waals surface area contributed by atoms with Crippen LogP contribution in [0, 0.1) is 0 Å². The first-order valence-electron chi connectivity index (χ1n) is 6.82. The summed E-state index contributed by atoms with van der Waals surface area (Å²) >= 11 is 0. The van der Waals surface area contributed by atoms with Gasteiger partial charge in [0.25, 0.3) is 0 Å². The molecule has 0 unspecified atom stereocenters. The third-order valence-corrected chi connectivity index (χ3v) is 3.59. The summed E-state index contributed by atoms with van der Waals surface area (Å²) < 4.78 is 5.90. The molecule has 3 rings (SSSR count). The number of nitrogens with zero attached hydrogens (tertiary/aromatic N) is 2. The zero-order chi connectivity index (χ0) is 13.1. The molecule has 1 saturated heterocycles. The van der Waals surface area contributed by atoms with Crippen molar-refractivity contribution < 1.29 is 4.74 Å². The topological polar surface area (TPSA) is 51.4 Å². The molecule has 2 N–H and O–H groups in total. The molecule has 0 saturated carbocycles. The molecule has 2 heterocycles. The Bertz CT molecular complexity index is 564. The Hall–Kier alpha value is -1.81. The fourth-order valence-corrected chi connectivity index (χ4v) is 2.56. The average Bonchev–Trinajstić information content (AvgIpc) is 2.92. The highest BCUT2D eigenvalue weighted by Gasteiger charge is 2.11. The molecule has 1 aliphatic rings. The monoisotopic (exact) mass is 257 g/mol. The van der Waals surface area contributed by atoms with Gasteiger partial charge in [-0.1, -0.05) is 0 Å². The van der Waals surface area contributed by atoms with Crippen molar-refractivity contribution in [3.05, 3.63) is 30.5 Å². The lowest BCUT2D eigenvalue weighted by molar-refractivity contribution is 0.239. The van der Waals surface area contributed by atoms with Gasteiger partial charge in [-0.25, -0.2) is 0 Å². The number of pyridine rings is 1. The van der Waals surface area contributed by atoms with E-state index in [9.17, 15) is 0 Å². The number of anilines is 1. The van der Waals surface area contributed by atoms with E-state index < -0.39 is 0 Å². The first kappa shape index (κ1) is 12.2. The lowest BCUT2D eigenvalue weighted by atomic mass is 10.2. The summed E-state index contributed by atoms with van der Waals surface area (Å²) in [6.07, 6.45) is 4.40. The normalized spacial score (nSPS) is 16.0. The SMILES string of the molecule is Nc1ccc2c(OCCN3CCCC3)ccnc2c1. The molecule has 0 radical (unpaired) electrons. The highest BCUT2D eigenvalue weighted by molar-refractivity contribution is 5.87. The van der Waals surface area contributed by atoms with E-state index in [0.29, 0.717) is 0 Å². The lowest BCUT2D eigenvalue weighted by Gasteiger charge is -2.15. The van der Waals surface area contributed by atoms with Crippen molar-refractivity contribution in [1.82, 2.24) is 9.88 Å². The fourth-order valence-electron chi connectivity index (χ4n) is 2.56. The van der Waals surface area contributed by atoms with Crippen LogP contribution in [0.2, 0.25) is 0 Å². The van der Waals surface area contributed by atoms with E-state index in [1.807, 2.05) is 24.3 Å². The number of ether oxygens (including phenoxy) is 1. The summed E-state index contributed by atoms with van der Waals surface area (Å²) in [5.74, 6) is 0.893. The van der Waals surface area contributed by atoms with Crippen LogP contribution in [0.25, 0.3) is 10.9 Å². The smallest absolute Gasteiger partial charge is 0.130 e. The molecule has 19 heavy (non-hydrogen) atoms. The Morgan fingerprint density at radius 3 is 2.89 bits per heavy atom. The molecule has 1 aromatic carbocycles. The highest BCUT2D eigenvalue weighted by atomic mass is 16.5. The van der Waals surface area contributed by atoms with Crippen molar-refractivity contribution in [3.63, 3.8) is 0 Å². The summed E-state index contributed by atoms with van der Waals surface area (Å²) in [7, 11) is 0. The largest absolute Gasteiger partial charge is 0.491 e. The molecular formula is C15H19N3O. The number of likely N-dealkylation sites (tertiary alicyclic amines) is 1. The van der Waals surface area contributed by atoms with Crippen molar-refractivity contribution in [3.8, 4) is 5.75 Å². The number of fused-ring (bicyclic) bond motifs is 1. The zero-order valence-electron chi connectivity index (χ0n) is 11.0. The minimum absolute atomic E-state index is 0.726. The third kappa shape index (κ3) is 2.79. The van der Waals surface area contributed by atoms with Crippen LogP contribution in [-0.4, -0.2) is 36.1 Å². The molecule has 100 valence electrons. The maximum atomic E-state index is 5.90. The van der Waals surface area contributed by atoms with Crippen LogP contribution in [0.15, 0.2) is 30.5 Å². The maximum Gasteiger partial charge on any atom is 0.130 e. The van der Waals surface area contributed by atoms with Crippen molar-refractivity contribution in [2.24, 2.45) is 0 Å². The van der Waals surface area contributed by atoms with Crippen molar-refractivity contribution in [2.75, 3.05) is 32.0 Å². The lowest BCUT2D eigenvalue weighted by Crippen LogP contribution is -2.25. The van der Waals surface area contributed by atoms with Gasteiger partial charge in [-0.05, 0) is 50.2 Å². The van der Waals surface area contributed by atoms with Gasteiger partial charge in [0.1, 0.15) is 12.4 Å². The van der Waals surface area contributed by atoms with Gasteiger partial charge in [-0.3, -0.25) is 9.88 Å². The minimum Gasteiger partial charge on any atom is -0.491 e. The van der Waals surface area contributed by atoms with Gasteiger partial charge in [0.2, 0.25) is 0 Å². The van der Waals surface area contributed by atoms with Gasteiger partial charge in [-0.15, -0.1) is 0 Å². The van der Waals surface area contributed by atoms with E-state index in [-0.39, 0.29) is 0 Å². The second kappa shape index (κ2) is 5.45. The number of nitrogen functional groups attached to an aromatic ring is 1. The van der Waals surface area contributed by atoms with E-state index in [1.54, 1.807) is 6.20 Å². The number of hydrogen-bond donors (Lipinski definition) is 1. The molecule has 4 heteroatoms. The van der Waals surface area contributed by atoms with Gasteiger partial charge in [0.15, 0.2) is 0 Å². The number of aromatic nitrogens is 1. The number of rotatable bonds is 4. The van der Waals surface area contributed by atoms with Crippen LogP contribution in [0.1, 0.15) is 12.8 Å². The Balaban J connectivity index is 1.70. The molecular weight excluding hydrogens is 238 g/mol. The average molecular weight is 257 g/mol. The quantitative estimate of drug-likeness (QED) is 0.854. The van der Waals surface area contributed by atoms with Crippen LogP contribution in [0.4, 0.5) is 5.69 Å². The Kier molecular flexibility index (Phi) is 3.51. The van der Waals surface area contributed by atoms with Crippen LogP contribution in [-0.2, 0) is 0 Å². The van der Waals surface area contributed by atoms with E-state index in [1.165, 1.54) is 25.9 Å². The van der Waals surface area contributed by atoms with Crippen LogP contribution >= 0.6 is 0 Å². The van der Waals surface area contributed by atoms with Crippen molar-refractivity contribution in [2.45, 2.75) is 12.8 Å². The molecule has 1 fully saturated rings.